The van der Waals surface area contributed by atoms with E-state index in [-0.39, 0.29) is 18.4 Å². The second-order valence-corrected chi connectivity index (χ2v) is 8.30. The van der Waals surface area contributed by atoms with Crippen LogP contribution in [0.15, 0.2) is 53.0 Å². The van der Waals surface area contributed by atoms with E-state index in [1.807, 2.05) is 55.5 Å². The summed E-state index contributed by atoms with van der Waals surface area (Å²) in [7, 11) is 1.59. The van der Waals surface area contributed by atoms with Crippen molar-refractivity contribution in [1.29, 1.82) is 0 Å². The molecule has 0 fully saturated rings. The molecule has 0 spiro atoms. The Balaban J connectivity index is 1.50. The summed E-state index contributed by atoms with van der Waals surface area (Å²) >= 11 is 3.43. The lowest BCUT2D eigenvalue weighted by Gasteiger charge is -2.26. The zero-order valence-corrected chi connectivity index (χ0v) is 19.0. The van der Waals surface area contributed by atoms with Crippen molar-refractivity contribution < 1.29 is 14.3 Å². The molecule has 1 aliphatic heterocycles. The SMILES string of the molecule is COc1ccc(Br)cc1CNC(=O)CN1C(=O)CCn2nc(-c3ccccc3C)cc21. The average Bonchev–Trinajstić information content (AvgIpc) is 3.19. The molecule has 2 heterocycles. The van der Waals surface area contributed by atoms with E-state index >= 15 is 0 Å². The van der Waals surface area contributed by atoms with E-state index in [0.29, 0.717) is 31.1 Å². The number of nitrogens with zero attached hydrogens (tertiary/aromatic N) is 3. The van der Waals surface area contributed by atoms with Gasteiger partial charge in [-0.1, -0.05) is 40.2 Å². The van der Waals surface area contributed by atoms with Gasteiger partial charge in [0.1, 0.15) is 18.1 Å². The number of hydrogen-bond acceptors (Lipinski definition) is 4. The Kier molecular flexibility index (Phi) is 6.08. The molecule has 2 amide bonds. The van der Waals surface area contributed by atoms with Crippen molar-refractivity contribution in [2.75, 3.05) is 18.6 Å². The number of nitrogens with one attached hydrogen (secondary N) is 1. The Morgan fingerprint density at radius 3 is 2.81 bits per heavy atom. The second-order valence-electron chi connectivity index (χ2n) is 7.39. The average molecular weight is 483 g/mol. The molecule has 1 N–H and O–H groups in total. The number of hydrogen-bond donors (Lipinski definition) is 1. The maximum Gasteiger partial charge on any atom is 0.240 e. The highest BCUT2D eigenvalue weighted by atomic mass is 79.9. The van der Waals surface area contributed by atoms with Crippen LogP contribution >= 0.6 is 15.9 Å². The molecule has 4 rings (SSSR count). The molecular formula is C23H23BrN4O3. The van der Waals surface area contributed by atoms with Gasteiger partial charge in [-0.3, -0.25) is 14.5 Å². The maximum absolute atomic E-state index is 12.7. The van der Waals surface area contributed by atoms with Gasteiger partial charge < -0.3 is 10.1 Å². The number of amides is 2. The number of rotatable bonds is 6. The molecule has 3 aromatic rings. The van der Waals surface area contributed by atoms with Gasteiger partial charge >= 0.3 is 0 Å². The molecular weight excluding hydrogens is 460 g/mol. The third kappa shape index (κ3) is 4.49. The fraction of sp³-hybridized carbons (Fsp3) is 0.261. The number of carbonyl (C=O) groups is 2. The minimum Gasteiger partial charge on any atom is -0.496 e. The van der Waals surface area contributed by atoms with E-state index in [1.54, 1.807) is 11.8 Å². The minimum absolute atomic E-state index is 0.0615. The zero-order valence-electron chi connectivity index (χ0n) is 17.4. The van der Waals surface area contributed by atoms with Crippen LogP contribution in [0.4, 0.5) is 5.82 Å². The number of ether oxygens (including phenoxy) is 1. The first-order valence-electron chi connectivity index (χ1n) is 9.99. The van der Waals surface area contributed by atoms with Gasteiger partial charge in [-0.25, -0.2) is 4.68 Å². The van der Waals surface area contributed by atoms with Crippen molar-refractivity contribution >= 4 is 33.6 Å². The molecule has 8 heteroatoms. The number of fused-ring (bicyclic) bond motifs is 1. The van der Waals surface area contributed by atoms with Crippen molar-refractivity contribution in [1.82, 2.24) is 15.1 Å². The molecule has 0 atom stereocenters. The number of benzene rings is 2. The number of methoxy groups -OCH3 is 1. The molecule has 0 aliphatic carbocycles. The third-order valence-electron chi connectivity index (χ3n) is 5.31. The Morgan fingerprint density at radius 1 is 1.23 bits per heavy atom. The second kappa shape index (κ2) is 8.93. The van der Waals surface area contributed by atoms with Crippen molar-refractivity contribution in [3.8, 4) is 17.0 Å². The largest absolute Gasteiger partial charge is 0.496 e. The lowest BCUT2D eigenvalue weighted by Crippen LogP contribution is -2.44. The molecule has 1 aliphatic rings. The number of aromatic nitrogens is 2. The van der Waals surface area contributed by atoms with Gasteiger partial charge in [-0.05, 0) is 30.7 Å². The Hall–Kier alpha value is -3.13. The van der Waals surface area contributed by atoms with Crippen LogP contribution in [-0.4, -0.2) is 35.2 Å². The third-order valence-corrected chi connectivity index (χ3v) is 5.81. The summed E-state index contributed by atoms with van der Waals surface area (Å²) in [4.78, 5) is 26.8. The van der Waals surface area contributed by atoms with Crippen LogP contribution in [-0.2, 0) is 22.7 Å². The van der Waals surface area contributed by atoms with E-state index < -0.39 is 0 Å². The van der Waals surface area contributed by atoms with E-state index in [2.05, 4.69) is 26.3 Å². The molecule has 0 unspecified atom stereocenters. The number of carbonyl (C=O) groups excluding carboxylic acids is 2. The molecule has 31 heavy (non-hydrogen) atoms. The van der Waals surface area contributed by atoms with Crippen molar-refractivity contribution in [2.24, 2.45) is 0 Å². The van der Waals surface area contributed by atoms with Gasteiger partial charge in [0.25, 0.3) is 0 Å². The Bertz CT molecular complexity index is 1140. The molecule has 0 radical (unpaired) electrons. The van der Waals surface area contributed by atoms with Crippen LogP contribution in [0.2, 0.25) is 0 Å². The van der Waals surface area contributed by atoms with E-state index in [9.17, 15) is 9.59 Å². The van der Waals surface area contributed by atoms with Crippen LogP contribution in [0.5, 0.6) is 5.75 Å². The fourth-order valence-corrected chi connectivity index (χ4v) is 4.10. The monoisotopic (exact) mass is 482 g/mol. The summed E-state index contributed by atoms with van der Waals surface area (Å²) in [5.41, 5.74) is 3.77. The van der Waals surface area contributed by atoms with Crippen LogP contribution in [0.3, 0.4) is 0 Å². The summed E-state index contributed by atoms with van der Waals surface area (Å²) in [5.74, 6) is 1.00. The van der Waals surface area contributed by atoms with Gasteiger partial charge in [0.05, 0.1) is 19.3 Å². The molecule has 160 valence electrons. The van der Waals surface area contributed by atoms with E-state index in [0.717, 1.165) is 26.9 Å². The van der Waals surface area contributed by atoms with Gasteiger partial charge in [0, 0.05) is 34.6 Å². The molecule has 0 saturated carbocycles. The van der Waals surface area contributed by atoms with Gasteiger partial charge in [0.15, 0.2) is 0 Å². The summed E-state index contributed by atoms with van der Waals surface area (Å²) in [5, 5.41) is 7.55. The zero-order chi connectivity index (χ0) is 22.0. The molecule has 1 aromatic heterocycles. The highest BCUT2D eigenvalue weighted by molar-refractivity contribution is 9.10. The van der Waals surface area contributed by atoms with Gasteiger partial charge in [0.2, 0.25) is 11.8 Å². The summed E-state index contributed by atoms with van der Waals surface area (Å²) < 4.78 is 8.05. The lowest BCUT2D eigenvalue weighted by atomic mass is 10.1. The van der Waals surface area contributed by atoms with E-state index in [4.69, 9.17) is 4.74 Å². The van der Waals surface area contributed by atoms with Crippen LogP contribution < -0.4 is 15.0 Å². The Morgan fingerprint density at radius 2 is 2.03 bits per heavy atom. The lowest BCUT2D eigenvalue weighted by molar-refractivity contribution is -0.124. The maximum atomic E-state index is 12.7. The van der Waals surface area contributed by atoms with Crippen LogP contribution in [0.1, 0.15) is 17.5 Å². The van der Waals surface area contributed by atoms with Crippen LogP contribution in [0, 0.1) is 6.92 Å². The molecule has 0 bridgehead atoms. The smallest absolute Gasteiger partial charge is 0.240 e. The normalized spacial score (nSPS) is 13.1. The first-order valence-corrected chi connectivity index (χ1v) is 10.8. The van der Waals surface area contributed by atoms with Gasteiger partial charge in [-0.2, -0.15) is 5.10 Å². The van der Waals surface area contributed by atoms with Crippen molar-refractivity contribution in [3.05, 3.63) is 64.1 Å². The van der Waals surface area contributed by atoms with Gasteiger partial charge in [-0.15, -0.1) is 0 Å². The highest BCUT2D eigenvalue weighted by Gasteiger charge is 2.28. The summed E-state index contributed by atoms with van der Waals surface area (Å²) in [6, 6.07) is 15.5. The first kappa shape index (κ1) is 21.1. The van der Waals surface area contributed by atoms with Crippen molar-refractivity contribution in [2.45, 2.75) is 26.4 Å². The standard InChI is InChI=1S/C23H23BrN4O3/c1-15-5-3-4-6-18(15)19-12-22-27(23(30)9-10-28(22)26-19)14-21(29)25-13-16-11-17(24)7-8-20(16)31-2/h3-8,11-12H,9-10,13-14H2,1-2H3,(H,25,29). The number of anilines is 1. The molecule has 0 saturated heterocycles. The predicted molar refractivity (Wildman–Crippen MR) is 122 cm³/mol. The quantitative estimate of drug-likeness (QED) is 0.581. The molecule has 2 aromatic carbocycles. The fourth-order valence-electron chi connectivity index (χ4n) is 3.69. The minimum atomic E-state index is -0.248. The van der Waals surface area contributed by atoms with Crippen molar-refractivity contribution in [3.63, 3.8) is 0 Å². The molecule has 7 nitrogen and oxygen atoms in total. The predicted octanol–water partition coefficient (Wildman–Crippen LogP) is 3.68. The number of halogens is 1. The summed E-state index contributed by atoms with van der Waals surface area (Å²) in [6.07, 6.45) is 0.314. The highest BCUT2D eigenvalue weighted by Crippen LogP contribution is 2.29. The van der Waals surface area contributed by atoms with Crippen LogP contribution in [0.25, 0.3) is 11.3 Å². The Labute approximate surface area is 189 Å². The summed E-state index contributed by atoms with van der Waals surface area (Å²) in [6.45, 7) is 2.78. The van der Waals surface area contributed by atoms with E-state index in [1.165, 1.54) is 4.90 Å². The topological polar surface area (TPSA) is 76.5 Å². The first-order chi connectivity index (χ1) is 15.0. The number of aryl methyl sites for hydroxylation is 2.